The van der Waals surface area contributed by atoms with Crippen molar-refractivity contribution in [3.63, 3.8) is 0 Å². The predicted molar refractivity (Wildman–Crippen MR) is 35.4 cm³/mol. The molecule has 56 valence electrons. The minimum Gasteiger partial charge on any atom is -0.312 e. The normalized spacial score (nSPS) is 10.7. The average molecular weight is 151 g/mol. The monoisotopic (exact) mass is 151 g/mol. The van der Waals surface area contributed by atoms with E-state index in [2.05, 4.69) is 31.2 Å². The largest absolute Gasteiger partial charge is 0.312 e. The van der Waals surface area contributed by atoms with Crippen LogP contribution in [0.1, 0.15) is 5.82 Å². The smallest absolute Gasteiger partial charge is 0.210 e. The van der Waals surface area contributed by atoms with Gasteiger partial charge in [0, 0.05) is 7.05 Å². The maximum Gasteiger partial charge on any atom is 0.210 e. The van der Waals surface area contributed by atoms with Crippen LogP contribution in [0.4, 0.5) is 0 Å². The highest BCUT2D eigenvalue weighted by atomic mass is 15.5. The van der Waals surface area contributed by atoms with Gasteiger partial charge in [-0.25, -0.2) is 5.10 Å². The predicted octanol–water partition coefficient (Wildman–Crippen LogP) is -1.35. The molecule has 0 radical (unpaired) electrons. The zero-order valence-electron chi connectivity index (χ0n) is 5.74. The molecule has 0 unspecified atom stereocenters. The van der Waals surface area contributed by atoms with Gasteiger partial charge in [-0.2, -0.15) is 10.4 Å². The summed E-state index contributed by atoms with van der Waals surface area (Å²) in [5.41, 5.74) is 2.58. The highest BCUT2D eigenvalue weighted by Crippen LogP contribution is 1.85. The second-order valence-electron chi connectivity index (χ2n) is 1.55. The van der Waals surface area contributed by atoms with Gasteiger partial charge in [0.15, 0.2) is 0 Å². The third-order valence-electron chi connectivity index (χ3n) is 0.899. The summed E-state index contributed by atoms with van der Waals surface area (Å²) in [5.74, 6) is 0.252. The Balaban J connectivity index is 2.91. The van der Waals surface area contributed by atoms with Gasteiger partial charge in [-0.05, 0) is 10.4 Å². The van der Waals surface area contributed by atoms with Gasteiger partial charge in [-0.1, -0.05) is 0 Å². The Morgan fingerprint density at radius 1 is 1.82 bits per heavy atom. The summed E-state index contributed by atoms with van der Waals surface area (Å²) in [6.07, 6.45) is 0. The van der Waals surface area contributed by atoms with E-state index in [1.54, 1.807) is 7.05 Å². The van der Waals surface area contributed by atoms with Gasteiger partial charge in [0.05, 0.1) is 0 Å². The molecule has 7 nitrogen and oxygen atoms in total. The standard InChI is InChI=1S/C4H5N7/c1-6-7-3(2-5)4-8-10-11-9-4/h6H,1H3,(H,8,9,10,11)/b7-3+. The minimum atomic E-state index is 0.123. The second kappa shape index (κ2) is 3.26. The highest BCUT2D eigenvalue weighted by Gasteiger charge is 2.04. The van der Waals surface area contributed by atoms with E-state index < -0.39 is 0 Å². The molecule has 0 bridgehead atoms. The molecule has 0 aliphatic carbocycles. The summed E-state index contributed by atoms with van der Waals surface area (Å²) in [7, 11) is 1.58. The van der Waals surface area contributed by atoms with E-state index in [-0.39, 0.29) is 11.5 Å². The van der Waals surface area contributed by atoms with Crippen LogP contribution in [0, 0.1) is 11.3 Å². The van der Waals surface area contributed by atoms with E-state index in [0.29, 0.717) is 0 Å². The number of rotatable bonds is 2. The van der Waals surface area contributed by atoms with Crippen molar-refractivity contribution in [1.82, 2.24) is 26.0 Å². The Bertz CT molecular complexity index is 278. The number of nitrogens with one attached hydrogen (secondary N) is 2. The highest BCUT2D eigenvalue weighted by molar-refractivity contribution is 6.08. The number of hydrogen-bond donors (Lipinski definition) is 2. The molecule has 0 atom stereocenters. The fraction of sp³-hybridized carbons (Fsp3) is 0.250. The number of H-pyrrole nitrogens is 1. The summed E-state index contributed by atoms with van der Waals surface area (Å²) in [6, 6.07) is 1.82. The van der Waals surface area contributed by atoms with Crippen molar-refractivity contribution >= 4 is 5.71 Å². The Morgan fingerprint density at radius 3 is 3.09 bits per heavy atom. The summed E-state index contributed by atoms with van der Waals surface area (Å²) in [4.78, 5) is 0. The van der Waals surface area contributed by atoms with Crippen molar-refractivity contribution in [2.45, 2.75) is 0 Å². The maximum atomic E-state index is 8.49. The van der Waals surface area contributed by atoms with Crippen LogP contribution in [0.25, 0.3) is 0 Å². The molecule has 7 heteroatoms. The van der Waals surface area contributed by atoms with E-state index in [0.717, 1.165) is 0 Å². The number of hydrogen-bond acceptors (Lipinski definition) is 6. The van der Waals surface area contributed by atoms with Crippen LogP contribution in [0.3, 0.4) is 0 Å². The molecule has 0 aromatic carbocycles. The van der Waals surface area contributed by atoms with Crippen LogP contribution >= 0.6 is 0 Å². The lowest BCUT2D eigenvalue weighted by Gasteiger charge is -1.87. The fourth-order valence-corrected chi connectivity index (χ4v) is 0.502. The topological polar surface area (TPSA) is 103 Å². The molecule has 1 aromatic rings. The molecule has 0 fully saturated rings. The molecule has 0 aliphatic rings. The number of aromatic nitrogens is 4. The van der Waals surface area contributed by atoms with Crippen LogP contribution in [-0.2, 0) is 0 Å². The van der Waals surface area contributed by atoms with Crippen molar-refractivity contribution in [3.05, 3.63) is 5.82 Å². The van der Waals surface area contributed by atoms with E-state index in [9.17, 15) is 0 Å². The van der Waals surface area contributed by atoms with E-state index >= 15 is 0 Å². The molecule has 1 heterocycles. The molecule has 11 heavy (non-hydrogen) atoms. The van der Waals surface area contributed by atoms with Gasteiger partial charge < -0.3 is 5.43 Å². The number of hydrazone groups is 1. The number of tetrazole rings is 1. The molecular formula is C4H5N7. The maximum absolute atomic E-state index is 8.49. The van der Waals surface area contributed by atoms with E-state index in [1.807, 2.05) is 6.07 Å². The summed E-state index contributed by atoms with van der Waals surface area (Å²) in [6.45, 7) is 0. The third-order valence-corrected chi connectivity index (χ3v) is 0.899. The van der Waals surface area contributed by atoms with E-state index in [1.165, 1.54) is 0 Å². The molecule has 0 saturated heterocycles. The molecule has 0 amide bonds. The number of nitriles is 1. The molecule has 0 saturated carbocycles. The van der Waals surface area contributed by atoms with Gasteiger partial charge in [0.25, 0.3) is 0 Å². The summed E-state index contributed by atoms with van der Waals surface area (Å²) >= 11 is 0. The molecule has 0 spiro atoms. The third kappa shape index (κ3) is 1.48. The SMILES string of the molecule is CN/N=C(\C#N)c1nnn[nH]1. The zero-order valence-corrected chi connectivity index (χ0v) is 5.74. The van der Waals surface area contributed by atoms with Crippen LogP contribution < -0.4 is 5.43 Å². The van der Waals surface area contributed by atoms with Gasteiger partial charge in [-0.15, -0.1) is 5.10 Å². The van der Waals surface area contributed by atoms with Gasteiger partial charge >= 0.3 is 0 Å². The van der Waals surface area contributed by atoms with Crippen molar-refractivity contribution < 1.29 is 0 Å². The molecular weight excluding hydrogens is 146 g/mol. The van der Waals surface area contributed by atoms with Crippen molar-refractivity contribution in [1.29, 1.82) is 5.26 Å². The molecule has 0 aliphatic heterocycles. The van der Waals surface area contributed by atoms with Crippen LogP contribution in [0.5, 0.6) is 0 Å². The molecule has 1 aromatic heterocycles. The first-order valence-corrected chi connectivity index (χ1v) is 2.77. The Kier molecular flexibility index (Phi) is 2.12. The summed E-state index contributed by atoms with van der Waals surface area (Å²) in [5, 5.41) is 24.6. The van der Waals surface area contributed by atoms with Gasteiger partial charge in [0.1, 0.15) is 6.07 Å². The van der Waals surface area contributed by atoms with Crippen LogP contribution in [0.2, 0.25) is 0 Å². The van der Waals surface area contributed by atoms with Crippen LogP contribution in [0.15, 0.2) is 5.10 Å². The van der Waals surface area contributed by atoms with Gasteiger partial charge in [0.2, 0.25) is 11.5 Å². The minimum absolute atomic E-state index is 0.123. The lowest BCUT2D eigenvalue weighted by molar-refractivity contribution is 0.881. The quantitative estimate of drug-likeness (QED) is 0.401. The first-order chi connectivity index (χ1) is 5.38. The first kappa shape index (κ1) is 7.14. The molecule has 1 rings (SSSR count). The molecule has 2 N–H and O–H groups in total. The van der Waals surface area contributed by atoms with Gasteiger partial charge in [-0.3, -0.25) is 0 Å². The first-order valence-electron chi connectivity index (χ1n) is 2.77. The van der Waals surface area contributed by atoms with E-state index in [4.69, 9.17) is 5.26 Å². The number of nitrogens with zero attached hydrogens (tertiary/aromatic N) is 5. The van der Waals surface area contributed by atoms with Crippen molar-refractivity contribution in [2.75, 3.05) is 7.05 Å². The second-order valence-corrected chi connectivity index (χ2v) is 1.55. The van der Waals surface area contributed by atoms with Crippen molar-refractivity contribution in [2.24, 2.45) is 5.10 Å². The Labute approximate surface area is 62.1 Å². The Hall–Kier alpha value is -1.97. The number of aromatic amines is 1. The van der Waals surface area contributed by atoms with Crippen molar-refractivity contribution in [3.8, 4) is 6.07 Å². The lowest BCUT2D eigenvalue weighted by Crippen LogP contribution is -2.06. The fourth-order valence-electron chi connectivity index (χ4n) is 0.502. The van der Waals surface area contributed by atoms with Crippen LogP contribution in [-0.4, -0.2) is 33.4 Å². The zero-order chi connectivity index (χ0) is 8.10. The average Bonchev–Trinajstić information content (AvgIpc) is 2.52. The lowest BCUT2D eigenvalue weighted by atomic mass is 10.4. The Morgan fingerprint density at radius 2 is 2.64 bits per heavy atom. The summed E-state index contributed by atoms with van der Waals surface area (Å²) < 4.78 is 0.